The number of rotatable bonds is 9. The summed E-state index contributed by atoms with van der Waals surface area (Å²) in [6.07, 6.45) is 0.504. The van der Waals surface area contributed by atoms with Crippen LogP contribution in [-0.4, -0.2) is 31.7 Å². The second-order valence-electron chi connectivity index (χ2n) is 7.11. The number of anilines is 2. The third-order valence-corrected chi connectivity index (χ3v) is 4.67. The van der Waals surface area contributed by atoms with Gasteiger partial charge < -0.3 is 20.7 Å². The number of hydrogen-bond donors (Lipinski definition) is 3. The second-order valence-corrected chi connectivity index (χ2v) is 7.11. The van der Waals surface area contributed by atoms with Crippen molar-refractivity contribution in [1.82, 2.24) is 10.6 Å². The van der Waals surface area contributed by atoms with Gasteiger partial charge in [-0.15, -0.1) is 0 Å². The van der Waals surface area contributed by atoms with Crippen molar-refractivity contribution >= 4 is 23.4 Å². The van der Waals surface area contributed by atoms with Crippen LogP contribution in [0, 0.1) is 5.82 Å². The number of para-hydroxylation sites is 2. The number of amides is 4. The molecule has 3 aromatic rings. The average molecular weight is 451 g/mol. The number of nitrogens with zero attached hydrogens (tertiary/aromatic N) is 1. The SMILES string of the molecule is CCNC(=O)NCCCN(C(=O)Nc1ccccc1F)c1ccc(Oc2ccccc2)cc1. The first-order chi connectivity index (χ1) is 16.1. The summed E-state index contributed by atoms with van der Waals surface area (Å²) in [5.41, 5.74) is 0.708. The Balaban J connectivity index is 1.70. The largest absolute Gasteiger partial charge is 0.457 e. The van der Waals surface area contributed by atoms with Crippen LogP contribution in [0.15, 0.2) is 78.9 Å². The maximum Gasteiger partial charge on any atom is 0.326 e. The zero-order valence-electron chi connectivity index (χ0n) is 18.4. The van der Waals surface area contributed by atoms with E-state index in [1.54, 1.807) is 36.4 Å². The van der Waals surface area contributed by atoms with E-state index >= 15 is 0 Å². The average Bonchev–Trinajstić information content (AvgIpc) is 2.82. The van der Waals surface area contributed by atoms with Crippen LogP contribution in [0.1, 0.15) is 13.3 Å². The lowest BCUT2D eigenvalue weighted by Crippen LogP contribution is -2.39. The van der Waals surface area contributed by atoms with Crippen LogP contribution in [0.3, 0.4) is 0 Å². The summed E-state index contributed by atoms with van der Waals surface area (Å²) in [5.74, 6) is 0.809. The normalized spacial score (nSPS) is 10.2. The number of urea groups is 2. The third-order valence-electron chi connectivity index (χ3n) is 4.67. The Hall–Kier alpha value is -4.07. The first-order valence-electron chi connectivity index (χ1n) is 10.7. The standard InChI is InChI=1S/C25H27FN4O3/c1-2-27-24(31)28-17-8-18-30(25(32)29-23-12-7-6-11-22(23)26)19-13-15-21(16-14-19)33-20-9-4-3-5-10-20/h3-7,9-16H,2,8,17-18H2,1H3,(H,29,32)(H2,27,28,31). The number of carbonyl (C=O) groups is 2. The molecule has 3 rings (SSSR count). The Morgan fingerprint density at radius 1 is 0.879 bits per heavy atom. The van der Waals surface area contributed by atoms with Crippen LogP contribution in [0.2, 0.25) is 0 Å². The quantitative estimate of drug-likeness (QED) is 0.384. The molecule has 0 bridgehead atoms. The van der Waals surface area contributed by atoms with Gasteiger partial charge in [0.05, 0.1) is 5.69 Å². The summed E-state index contributed by atoms with van der Waals surface area (Å²) in [6, 6.07) is 21.7. The summed E-state index contributed by atoms with van der Waals surface area (Å²) >= 11 is 0. The smallest absolute Gasteiger partial charge is 0.326 e. The first-order valence-corrected chi connectivity index (χ1v) is 10.7. The molecule has 0 aliphatic rings. The minimum Gasteiger partial charge on any atom is -0.457 e. The lowest BCUT2D eigenvalue weighted by atomic mass is 10.2. The topological polar surface area (TPSA) is 82.7 Å². The van der Waals surface area contributed by atoms with Gasteiger partial charge in [-0.05, 0) is 61.9 Å². The summed E-state index contributed by atoms with van der Waals surface area (Å²) in [5, 5.41) is 8.01. The van der Waals surface area contributed by atoms with Gasteiger partial charge >= 0.3 is 12.1 Å². The molecule has 0 aromatic heterocycles. The molecule has 8 heteroatoms. The maximum atomic E-state index is 14.0. The van der Waals surface area contributed by atoms with Crippen molar-refractivity contribution in [3.05, 3.63) is 84.7 Å². The van der Waals surface area contributed by atoms with Crippen LogP contribution in [0.5, 0.6) is 11.5 Å². The number of halogens is 1. The Morgan fingerprint density at radius 2 is 1.55 bits per heavy atom. The summed E-state index contributed by atoms with van der Waals surface area (Å²) in [4.78, 5) is 26.1. The van der Waals surface area contributed by atoms with E-state index < -0.39 is 11.8 Å². The molecule has 0 unspecified atom stereocenters. The molecule has 0 fully saturated rings. The van der Waals surface area contributed by atoms with Crippen molar-refractivity contribution in [2.24, 2.45) is 0 Å². The van der Waals surface area contributed by atoms with Crippen molar-refractivity contribution < 1.29 is 18.7 Å². The van der Waals surface area contributed by atoms with Crippen molar-refractivity contribution in [3.8, 4) is 11.5 Å². The number of nitrogens with one attached hydrogen (secondary N) is 3. The van der Waals surface area contributed by atoms with Crippen molar-refractivity contribution in [2.45, 2.75) is 13.3 Å². The third kappa shape index (κ3) is 7.24. The van der Waals surface area contributed by atoms with E-state index in [4.69, 9.17) is 4.74 Å². The molecular formula is C25H27FN4O3. The van der Waals surface area contributed by atoms with Crippen molar-refractivity contribution in [1.29, 1.82) is 0 Å². The van der Waals surface area contributed by atoms with Gasteiger partial charge in [0.2, 0.25) is 0 Å². The van der Waals surface area contributed by atoms with Gasteiger partial charge in [-0.2, -0.15) is 0 Å². The number of hydrogen-bond acceptors (Lipinski definition) is 3. The van der Waals surface area contributed by atoms with Gasteiger partial charge in [0, 0.05) is 25.3 Å². The molecule has 0 heterocycles. The Morgan fingerprint density at radius 3 is 2.24 bits per heavy atom. The number of benzene rings is 3. The minimum atomic E-state index is -0.518. The molecule has 0 saturated heterocycles. The van der Waals surface area contributed by atoms with Crippen LogP contribution < -0.4 is 25.6 Å². The van der Waals surface area contributed by atoms with E-state index in [1.807, 2.05) is 37.3 Å². The molecule has 0 aliphatic heterocycles. The summed E-state index contributed by atoms with van der Waals surface area (Å²) < 4.78 is 19.8. The molecule has 3 aromatic carbocycles. The van der Waals surface area contributed by atoms with E-state index in [0.29, 0.717) is 43.2 Å². The fraction of sp³-hybridized carbons (Fsp3) is 0.200. The predicted molar refractivity (Wildman–Crippen MR) is 127 cm³/mol. The molecule has 7 nitrogen and oxygen atoms in total. The van der Waals surface area contributed by atoms with Crippen LogP contribution in [-0.2, 0) is 0 Å². The van der Waals surface area contributed by atoms with Gasteiger partial charge in [0.25, 0.3) is 0 Å². The van der Waals surface area contributed by atoms with Crippen molar-refractivity contribution in [3.63, 3.8) is 0 Å². The van der Waals surface area contributed by atoms with Crippen LogP contribution in [0.25, 0.3) is 0 Å². The fourth-order valence-electron chi connectivity index (χ4n) is 3.07. The highest BCUT2D eigenvalue weighted by Crippen LogP contribution is 2.25. The molecule has 4 amide bonds. The molecule has 0 aliphatic carbocycles. The van der Waals surface area contributed by atoms with E-state index in [0.717, 1.165) is 0 Å². The van der Waals surface area contributed by atoms with E-state index in [-0.39, 0.29) is 11.7 Å². The van der Waals surface area contributed by atoms with Gasteiger partial charge in [0.15, 0.2) is 0 Å². The molecular weight excluding hydrogens is 423 g/mol. The van der Waals surface area contributed by atoms with Gasteiger partial charge in [-0.25, -0.2) is 14.0 Å². The fourth-order valence-corrected chi connectivity index (χ4v) is 3.07. The van der Waals surface area contributed by atoms with Gasteiger partial charge in [0.1, 0.15) is 17.3 Å². The van der Waals surface area contributed by atoms with Gasteiger partial charge in [-0.3, -0.25) is 4.90 Å². The second kappa shape index (κ2) is 12.1. The minimum absolute atomic E-state index is 0.0944. The van der Waals surface area contributed by atoms with E-state index in [9.17, 15) is 14.0 Å². The Labute approximate surface area is 192 Å². The van der Waals surface area contributed by atoms with E-state index in [2.05, 4.69) is 16.0 Å². The van der Waals surface area contributed by atoms with E-state index in [1.165, 1.54) is 17.0 Å². The monoisotopic (exact) mass is 450 g/mol. The Kier molecular flexibility index (Phi) is 8.64. The maximum absolute atomic E-state index is 14.0. The molecule has 3 N–H and O–H groups in total. The van der Waals surface area contributed by atoms with Gasteiger partial charge in [-0.1, -0.05) is 30.3 Å². The Bertz CT molecular complexity index is 1050. The summed E-state index contributed by atoms with van der Waals surface area (Å²) in [7, 11) is 0. The van der Waals surface area contributed by atoms with Crippen molar-refractivity contribution in [2.75, 3.05) is 29.9 Å². The first kappa shape index (κ1) is 23.6. The zero-order valence-corrected chi connectivity index (χ0v) is 18.4. The molecule has 172 valence electrons. The predicted octanol–water partition coefficient (Wildman–Crippen LogP) is 5.37. The highest BCUT2D eigenvalue weighted by molar-refractivity contribution is 6.01. The highest BCUT2D eigenvalue weighted by atomic mass is 19.1. The summed E-state index contributed by atoms with van der Waals surface area (Å²) in [6.45, 7) is 3.05. The number of ether oxygens (including phenoxy) is 1. The molecule has 33 heavy (non-hydrogen) atoms. The molecule has 0 spiro atoms. The lowest BCUT2D eigenvalue weighted by molar-refractivity contribution is 0.241. The lowest BCUT2D eigenvalue weighted by Gasteiger charge is -2.24. The highest BCUT2D eigenvalue weighted by Gasteiger charge is 2.17. The van der Waals surface area contributed by atoms with Crippen LogP contribution >= 0.6 is 0 Å². The molecule has 0 radical (unpaired) electrons. The molecule has 0 atom stereocenters. The zero-order chi connectivity index (χ0) is 23.5. The molecule has 0 saturated carbocycles. The van der Waals surface area contributed by atoms with Crippen LogP contribution in [0.4, 0.5) is 25.4 Å². The number of carbonyl (C=O) groups excluding carboxylic acids is 2.